The third-order valence-corrected chi connectivity index (χ3v) is 5.88. The second-order valence-electron chi connectivity index (χ2n) is 6.90. The van der Waals surface area contributed by atoms with E-state index in [9.17, 15) is 14.7 Å². The molecule has 0 unspecified atom stereocenters. The molecule has 0 saturated carbocycles. The number of nitrogens with zero attached hydrogens (tertiary/aromatic N) is 1. The Labute approximate surface area is 168 Å². The molecule has 8 heteroatoms. The maximum atomic E-state index is 13.0. The van der Waals surface area contributed by atoms with E-state index in [0.29, 0.717) is 23.7 Å². The molecule has 0 spiro atoms. The monoisotopic (exact) mass is 402 g/mol. The Morgan fingerprint density at radius 2 is 2.04 bits per heavy atom. The SMILES string of the molecule is NC(=O)Nc1sc(-c2ccccc2)cc1C(=O)N[C@H]1CCCCN(CCO)C1. The van der Waals surface area contributed by atoms with Crippen LogP contribution in [0.25, 0.3) is 10.4 Å². The highest BCUT2D eigenvalue weighted by atomic mass is 32.1. The van der Waals surface area contributed by atoms with E-state index in [0.717, 1.165) is 36.2 Å². The first kappa shape index (κ1) is 20.3. The van der Waals surface area contributed by atoms with Gasteiger partial charge in [0.15, 0.2) is 0 Å². The Morgan fingerprint density at radius 1 is 1.25 bits per heavy atom. The minimum atomic E-state index is -0.695. The lowest BCUT2D eigenvalue weighted by atomic mass is 10.1. The molecule has 1 aromatic heterocycles. The third-order valence-electron chi connectivity index (χ3n) is 4.78. The van der Waals surface area contributed by atoms with Crippen molar-refractivity contribution in [3.63, 3.8) is 0 Å². The van der Waals surface area contributed by atoms with Crippen molar-refractivity contribution in [3.05, 3.63) is 42.0 Å². The molecule has 5 N–H and O–H groups in total. The highest BCUT2D eigenvalue weighted by Crippen LogP contribution is 2.35. The van der Waals surface area contributed by atoms with Crippen LogP contribution in [0.4, 0.5) is 9.80 Å². The second-order valence-corrected chi connectivity index (χ2v) is 7.95. The van der Waals surface area contributed by atoms with Gasteiger partial charge in [-0.2, -0.15) is 0 Å². The maximum absolute atomic E-state index is 13.0. The number of anilines is 1. The topological polar surface area (TPSA) is 108 Å². The van der Waals surface area contributed by atoms with Crippen LogP contribution in [0.2, 0.25) is 0 Å². The predicted octanol–water partition coefficient (Wildman–Crippen LogP) is 2.48. The van der Waals surface area contributed by atoms with Gasteiger partial charge in [0.25, 0.3) is 5.91 Å². The fraction of sp³-hybridized carbons (Fsp3) is 0.400. The van der Waals surface area contributed by atoms with Gasteiger partial charge in [-0.1, -0.05) is 36.8 Å². The zero-order valence-corrected chi connectivity index (χ0v) is 16.5. The lowest BCUT2D eigenvalue weighted by Gasteiger charge is -2.24. The maximum Gasteiger partial charge on any atom is 0.317 e. The van der Waals surface area contributed by atoms with Crippen LogP contribution in [-0.2, 0) is 0 Å². The zero-order valence-electron chi connectivity index (χ0n) is 15.7. The summed E-state index contributed by atoms with van der Waals surface area (Å²) in [6.45, 7) is 2.36. The summed E-state index contributed by atoms with van der Waals surface area (Å²) >= 11 is 1.33. The molecule has 0 bridgehead atoms. The van der Waals surface area contributed by atoms with Crippen molar-refractivity contribution in [3.8, 4) is 10.4 Å². The number of hydrogen-bond acceptors (Lipinski definition) is 5. The Morgan fingerprint density at radius 3 is 2.75 bits per heavy atom. The van der Waals surface area contributed by atoms with E-state index >= 15 is 0 Å². The molecule has 3 amide bonds. The van der Waals surface area contributed by atoms with E-state index in [1.165, 1.54) is 11.3 Å². The van der Waals surface area contributed by atoms with Gasteiger partial charge < -0.3 is 16.2 Å². The molecule has 28 heavy (non-hydrogen) atoms. The highest BCUT2D eigenvalue weighted by molar-refractivity contribution is 7.20. The van der Waals surface area contributed by atoms with Gasteiger partial charge in [0.05, 0.1) is 12.2 Å². The standard InChI is InChI=1S/C20H26N4O3S/c21-20(27)23-19-16(12-17(28-19)14-6-2-1-3-7-14)18(26)22-15-8-4-5-9-24(13-15)10-11-25/h1-3,6-7,12,15,25H,4-5,8-11,13H2,(H,22,26)(H3,21,23,27)/t15-/m0/s1. The van der Waals surface area contributed by atoms with E-state index in [1.807, 2.05) is 30.3 Å². The number of nitrogens with two attached hydrogens (primary N) is 1. The Hall–Kier alpha value is -2.42. The molecule has 1 aliphatic heterocycles. The van der Waals surface area contributed by atoms with Gasteiger partial charge in [-0.3, -0.25) is 15.0 Å². The molecule has 3 rings (SSSR count). The quantitative estimate of drug-likeness (QED) is 0.595. The van der Waals surface area contributed by atoms with Gasteiger partial charge in [-0.25, -0.2) is 4.79 Å². The summed E-state index contributed by atoms with van der Waals surface area (Å²) in [5, 5.41) is 15.3. The van der Waals surface area contributed by atoms with Crippen LogP contribution in [-0.4, -0.2) is 54.2 Å². The lowest BCUT2D eigenvalue weighted by molar-refractivity contribution is 0.0925. The summed E-state index contributed by atoms with van der Waals surface area (Å²) in [5.41, 5.74) is 6.68. The molecule has 1 aromatic carbocycles. The molecule has 1 saturated heterocycles. The summed E-state index contributed by atoms with van der Waals surface area (Å²) in [6.07, 6.45) is 2.97. The number of aliphatic hydroxyl groups is 1. The van der Waals surface area contributed by atoms with E-state index in [1.54, 1.807) is 6.07 Å². The number of urea groups is 1. The number of carbonyl (C=O) groups excluding carboxylic acids is 2. The molecule has 0 radical (unpaired) electrons. The van der Waals surface area contributed by atoms with Gasteiger partial charge >= 0.3 is 6.03 Å². The molecular weight excluding hydrogens is 376 g/mol. The lowest BCUT2D eigenvalue weighted by Crippen LogP contribution is -2.43. The van der Waals surface area contributed by atoms with Gasteiger partial charge in [-0.05, 0) is 31.0 Å². The minimum absolute atomic E-state index is 0.00283. The Kier molecular flexibility index (Phi) is 7.02. The minimum Gasteiger partial charge on any atom is -0.395 e. The number of benzene rings is 1. The summed E-state index contributed by atoms with van der Waals surface area (Å²) in [7, 11) is 0. The van der Waals surface area contributed by atoms with E-state index in [4.69, 9.17) is 5.73 Å². The molecule has 1 atom stereocenters. The normalized spacial score (nSPS) is 17.7. The van der Waals surface area contributed by atoms with E-state index in [2.05, 4.69) is 15.5 Å². The van der Waals surface area contributed by atoms with Crippen LogP contribution in [0.15, 0.2) is 36.4 Å². The Balaban J connectivity index is 1.79. The molecule has 2 heterocycles. The van der Waals surface area contributed by atoms with Crippen molar-refractivity contribution in [1.29, 1.82) is 0 Å². The van der Waals surface area contributed by atoms with Crippen LogP contribution in [0, 0.1) is 0 Å². The average Bonchev–Trinajstić information content (AvgIpc) is 2.96. The van der Waals surface area contributed by atoms with Gasteiger partial charge in [-0.15, -0.1) is 11.3 Å². The van der Waals surface area contributed by atoms with Crippen LogP contribution >= 0.6 is 11.3 Å². The zero-order chi connectivity index (χ0) is 19.9. The van der Waals surface area contributed by atoms with Gasteiger partial charge in [0.1, 0.15) is 5.00 Å². The third kappa shape index (κ3) is 5.31. The van der Waals surface area contributed by atoms with Crippen molar-refractivity contribution in [2.75, 3.05) is 31.6 Å². The van der Waals surface area contributed by atoms with E-state index < -0.39 is 6.03 Å². The molecule has 150 valence electrons. The molecule has 0 aliphatic carbocycles. The number of thiophene rings is 1. The fourth-order valence-electron chi connectivity index (χ4n) is 3.45. The first-order valence-electron chi connectivity index (χ1n) is 9.46. The number of hydrogen-bond donors (Lipinski definition) is 4. The number of nitrogens with one attached hydrogen (secondary N) is 2. The van der Waals surface area contributed by atoms with Crippen molar-refractivity contribution in [2.24, 2.45) is 5.73 Å². The number of amides is 3. The number of β-amino-alcohol motifs (C(OH)–C–C–N with tert-alkyl or cyclic N) is 1. The van der Waals surface area contributed by atoms with Crippen LogP contribution in [0.5, 0.6) is 0 Å². The summed E-state index contributed by atoms with van der Waals surface area (Å²) < 4.78 is 0. The molecule has 2 aromatic rings. The number of carbonyl (C=O) groups is 2. The average molecular weight is 403 g/mol. The fourth-order valence-corrected chi connectivity index (χ4v) is 4.52. The molecule has 7 nitrogen and oxygen atoms in total. The second kappa shape index (κ2) is 9.68. The van der Waals surface area contributed by atoms with Crippen LogP contribution in [0.1, 0.15) is 29.6 Å². The van der Waals surface area contributed by atoms with E-state index in [-0.39, 0.29) is 18.6 Å². The first-order valence-corrected chi connectivity index (χ1v) is 10.3. The highest BCUT2D eigenvalue weighted by Gasteiger charge is 2.23. The molecule has 1 fully saturated rings. The summed E-state index contributed by atoms with van der Waals surface area (Å²) in [4.78, 5) is 27.4. The predicted molar refractivity (Wildman–Crippen MR) is 112 cm³/mol. The number of rotatable bonds is 6. The number of primary amides is 1. The smallest absolute Gasteiger partial charge is 0.317 e. The first-order chi connectivity index (χ1) is 13.6. The summed E-state index contributed by atoms with van der Waals surface area (Å²) in [5.74, 6) is -0.224. The van der Waals surface area contributed by atoms with Gasteiger partial charge in [0, 0.05) is 24.0 Å². The number of likely N-dealkylation sites (tertiary alicyclic amines) is 1. The largest absolute Gasteiger partial charge is 0.395 e. The van der Waals surface area contributed by atoms with Crippen molar-refractivity contribution >= 4 is 28.3 Å². The van der Waals surface area contributed by atoms with Crippen molar-refractivity contribution in [2.45, 2.75) is 25.3 Å². The number of aliphatic hydroxyl groups excluding tert-OH is 1. The molecule has 1 aliphatic rings. The van der Waals surface area contributed by atoms with Crippen molar-refractivity contribution < 1.29 is 14.7 Å². The Bertz CT molecular complexity index is 809. The molecular formula is C20H26N4O3S. The summed E-state index contributed by atoms with van der Waals surface area (Å²) in [6, 6.07) is 10.8. The van der Waals surface area contributed by atoms with Crippen LogP contribution in [0.3, 0.4) is 0 Å². The van der Waals surface area contributed by atoms with Crippen molar-refractivity contribution in [1.82, 2.24) is 10.2 Å². The van der Waals surface area contributed by atoms with Crippen LogP contribution < -0.4 is 16.4 Å². The van der Waals surface area contributed by atoms with Gasteiger partial charge in [0.2, 0.25) is 0 Å².